The molecule has 2 aromatic heterocycles. The van der Waals surface area contributed by atoms with E-state index in [1.165, 1.54) is 63.4 Å². The number of hydrogen-bond acceptors (Lipinski definition) is 5. The van der Waals surface area contributed by atoms with Crippen LogP contribution in [0.5, 0.6) is 0 Å². The minimum Gasteiger partial charge on any atom is -0.324 e. The average molecular weight is 577 g/mol. The maximum Gasteiger partial charge on any atom is 0.169 e. The van der Waals surface area contributed by atoms with Gasteiger partial charge in [0.25, 0.3) is 0 Å². The van der Waals surface area contributed by atoms with Crippen LogP contribution in [0.1, 0.15) is 66.4 Å². The number of nitrogens with zero attached hydrogens (tertiary/aromatic N) is 3. The average Bonchev–Trinajstić information content (AvgIpc) is 3.47. The minimum atomic E-state index is -0.356. The lowest BCUT2D eigenvalue weighted by molar-refractivity contribution is 0.444. The third-order valence-electron chi connectivity index (χ3n) is 8.82. The molecule has 0 amide bonds. The van der Waals surface area contributed by atoms with Crippen LogP contribution in [0.15, 0.2) is 126 Å². The zero-order valence-corrected chi connectivity index (χ0v) is 24.7. The van der Waals surface area contributed by atoms with Gasteiger partial charge in [-0.1, -0.05) is 104 Å². The Morgan fingerprint density at radius 2 is 1.35 bits per heavy atom. The summed E-state index contributed by atoms with van der Waals surface area (Å²) in [4.78, 5) is 15.0. The largest absolute Gasteiger partial charge is 0.324 e. The van der Waals surface area contributed by atoms with E-state index in [4.69, 9.17) is 15.0 Å². The molecule has 1 unspecified atom stereocenters. The van der Waals surface area contributed by atoms with E-state index in [0.717, 1.165) is 33.9 Å². The molecule has 2 aliphatic rings. The molecule has 0 saturated heterocycles. The van der Waals surface area contributed by atoms with Gasteiger partial charge in [0.05, 0.1) is 4.70 Å². The molecule has 1 N–H and O–H groups in total. The van der Waals surface area contributed by atoms with E-state index in [9.17, 15) is 0 Å². The normalized spacial score (nSPS) is 17.4. The zero-order valence-electron chi connectivity index (χ0n) is 23.9. The lowest BCUT2D eigenvalue weighted by Crippen LogP contribution is -2.36. The van der Waals surface area contributed by atoms with Crippen molar-refractivity contribution in [2.75, 3.05) is 0 Å². The van der Waals surface area contributed by atoms with E-state index in [0.29, 0.717) is 5.92 Å². The molecule has 0 radical (unpaired) electrons. The molecule has 43 heavy (non-hydrogen) atoms. The second-order valence-corrected chi connectivity index (χ2v) is 12.6. The number of pyridine rings is 1. The summed E-state index contributed by atoms with van der Waals surface area (Å²) in [6, 6.07) is 36.6. The highest BCUT2D eigenvalue weighted by atomic mass is 32.1. The van der Waals surface area contributed by atoms with Crippen LogP contribution in [0.25, 0.3) is 31.3 Å². The zero-order chi connectivity index (χ0) is 28.6. The fraction of sp³-hybridized carbons (Fsp3) is 0.184. The molecule has 8 rings (SSSR count). The summed E-state index contributed by atoms with van der Waals surface area (Å²) in [6.45, 7) is 0. The van der Waals surface area contributed by atoms with Crippen LogP contribution in [-0.4, -0.2) is 16.7 Å². The van der Waals surface area contributed by atoms with E-state index in [-0.39, 0.29) is 6.17 Å². The smallest absolute Gasteiger partial charge is 0.169 e. The molecule has 4 aromatic carbocycles. The summed E-state index contributed by atoms with van der Waals surface area (Å²) in [5.74, 6) is 2.28. The number of amidine groups is 2. The first-order valence-corrected chi connectivity index (χ1v) is 16.1. The third kappa shape index (κ3) is 5.04. The van der Waals surface area contributed by atoms with Crippen LogP contribution >= 0.6 is 11.3 Å². The predicted octanol–water partition coefficient (Wildman–Crippen LogP) is 9.66. The van der Waals surface area contributed by atoms with Crippen LogP contribution in [-0.2, 0) is 0 Å². The molecule has 1 atom stereocenters. The molecule has 1 fully saturated rings. The number of thiophene rings is 1. The van der Waals surface area contributed by atoms with Gasteiger partial charge in [-0.3, -0.25) is 4.98 Å². The van der Waals surface area contributed by atoms with Gasteiger partial charge in [-0.15, -0.1) is 11.3 Å². The molecule has 0 bridgehead atoms. The Hall–Kier alpha value is -4.61. The van der Waals surface area contributed by atoms with Gasteiger partial charge < -0.3 is 5.32 Å². The van der Waals surface area contributed by atoms with E-state index < -0.39 is 0 Å². The first kappa shape index (κ1) is 26.1. The molecule has 5 heteroatoms. The molecular formula is C38H32N4S. The van der Waals surface area contributed by atoms with Gasteiger partial charge in [-0.2, -0.15) is 0 Å². The quantitative estimate of drug-likeness (QED) is 0.222. The van der Waals surface area contributed by atoms with Crippen molar-refractivity contribution in [1.29, 1.82) is 0 Å². The van der Waals surface area contributed by atoms with Gasteiger partial charge in [0.15, 0.2) is 6.17 Å². The maximum atomic E-state index is 5.21. The van der Waals surface area contributed by atoms with Crippen molar-refractivity contribution in [3.63, 3.8) is 0 Å². The van der Waals surface area contributed by atoms with Gasteiger partial charge in [0, 0.05) is 39.0 Å². The lowest BCUT2D eigenvalue weighted by atomic mass is 9.83. The van der Waals surface area contributed by atoms with Crippen molar-refractivity contribution in [3.8, 4) is 11.1 Å². The van der Waals surface area contributed by atoms with E-state index in [1.807, 2.05) is 35.9 Å². The van der Waals surface area contributed by atoms with Gasteiger partial charge in [0.1, 0.15) is 11.7 Å². The number of rotatable bonds is 5. The number of fused-ring (bicyclic) bond motifs is 3. The summed E-state index contributed by atoms with van der Waals surface area (Å²) >= 11 is 1.81. The lowest BCUT2D eigenvalue weighted by Gasteiger charge is -2.23. The van der Waals surface area contributed by atoms with Gasteiger partial charge in [0.2, 0.25) is 0 Å². The monoisotopic (exact) mass is 576 g/mol. The molecule has 210 valence electrons. The van der Waals surface area contributed by atoms with Crippen LogP contribution in [0.4, 0.5) is 0 Å². The molecule has 1 aliphatic carbocycles. The van der Waals surface area contributed by atoms with Crippen molar-refractivity contribution < 1.29 is 0 Å². The highest BCUT2D eigenvalue weighted by molar-refractivity contribution is 7.25. The number of benzene rings is 4. The Labute approximate surface area is 255 Å². The van der Waals surface area contributed by atoms with Gasteiger partial charge >= 0.3 is 0 Å². The third-order valence-corrected chi connectivity index (χ3v) is 9.92. The number of hydrogen-bond donors (Lipinski definition) is 1. The molecule has 0 spiro atoms. The first-order valence-electron chi connectivity index (χ1n) is 15.2. The molecule has 4 nitrogen and oxygen atoms in total. The summed E-state index contributed by atoms with van der Waals surface area (Å²) < 4.78 is 2.48. The molecule has 3 heterocycles. The minimum absolute atomic E-state index is 0.356. The van der Waals surface area contributed by atoms with Crippen molar-refractivity contribution in [2.45, 2.75) is 44.2 Å². The maximum absolute atomic E-state index is 5.21. The fourth-order valence-corrected chi connectivity index (χ4v) is 7.68. The van der Waals surface area contributed by atoms with E-state index in [2.05, 4.69) is 96.3 Å². The number of nitrogens with one attached hydrogen (secondary N) is 1. The Morgan fingerprint density at radius 1 is 0.605 bits per heavy atom. The topological polar surface area (TPSA) is 49.6 Å². The van der Waals surface area contributed by atoms with E-state index in [1.54, 1.807) is 0 Å². The Balaban J connectivity index is 1.25. The van der Waals surface area contributed by atoms with Crippen LogP contribution in [0.2, 0.25) is 0 Å². The number of aromatic nitrogens is 1. The van der Waals surface area contributed by atoms with Crippen molar-refractivity contribution in [1.82, 2.24) is 10.3 Å². The molecule has 6 aromatic rings. The Bertz CT molecular complexity index is 1990. The Kier molecular flexibility index (Phi) is 6.81. The van der Waals surface area contributed by atoms with Crippen molar-refractivity contribution >= 4 is 43.2 Å². The van der Waals surface area contributed by atoms with Crippen LogP contribution in [0.3, 0.4) is 0 Å². The summed E-state index contributed by atoms with van der Waals surface area (Å²) in [7, 11) is 0. The van der Waals surface area contributed by atoms with E-state index >= 15 is 0 Å². The SMILES string of the molecule is c1ccc(-c2cccc(C3=NC(c4ccccc4)N=C(c4cncc5sc6ccc(C7CCCCC7)cc6c45)N3)c2)cc1. The van der Waals surface area contributed by atoms with Crippen LogP contribution < -0.4 is 5.32 Å². The first-order chi connectivity index (χ1) is 21.3. The fourth-order valence-electron chi connectivity index (χ4n) is 6.60. The summed E-state index contributed by atoms with van der Waals surface area (Å²) in [5, 5.41) is 6.18. The Morgan fingerprint density at radius 3 is 2.19 bits per heavy atom. The second-order valence-electron chi connectivity index (χ2n) is 11.6. The molecule has 1 aliphatic heterocycles. The van der Waals surface area contributed by atoms with Crippen molar-refractivity contribution in [3.05, 3.63) is 138 Å². The summed E-state index contributed by atoms with van der Waals surface area (Å²) in [5.41, 5.74) is 6.93. The highest BCUT2D eigenvalue weighted by Gasteiger charge is 2.24. The van der Waals surface area contributed by atoms with Gasteiger partial charge in [-0.25, -0.2) is 9.98 Å². The molecule has 1 saturated carbocycles. The molecular weight excluding hydrogens is 545 g/mol. The highest BCUT2D eigenvalue weighted by Crippen LogP contribution is 2.40. The van der Waals surface area contributed by atoms with Crippen molar-refractivity contribution in [2.24, 2.45) is 9.98 Å². The standard InChI is InChI=1S/C38H32N4S/c1-4-11-25(12-5-1)28-17-10-18-30(21-28)37-40-36(27-15-8-3-9-16-27)41-38(42-37)32-23-39-24-34-35(32)31-22-29(19-20-33(31)43-34)26-13-6-2-7-14-26/h1,3-5,8-12,15-24,26,36H,2,6-7,13-14H2,(H,40,41,42). The van der Waals surface area contributed by atoms with Gasteiger partial charge in [-0.05, 0) is 59.2 Å². The van der Waals surface area contributed by atoms with Crippen LogP contribution in [0, 0.1) is 0 Å². The predicted molar refractivity (Wildman–Crippen MR) is 180 cm³/mol. The summed E-state index contributed by atoms with van der Waals surface area (Å²) in [6.07, 6.45) is 10.2. The second kappa shape index (κ2) is 11.2. The number of aliphatic imine (C=N–C) groups is 2.